The van der Waals surface area contributed by atoms with Crippen molar-refractivity contribution in [2.75, 3.05) is 5.75 Å². The Bertz CT molecular complexity index is 884. The van der Waals surface area contributed by atoms with Crippen LogP contribution in [-0.4, -0.2) is 51.8 Å². The Morgan fingerprint density at radius 1 is 1.21 bits per heavy atom. The number of alkyl carbamates (subject to hydrolysis) is 1. The van der Waals surface area contributed by atoms with Crippen LogP contribution >= 0.6 is 12.6 Å². The Kier molecular flexibility index (Phi) is 8.63. The van der Waals surface area contributed by atoms with Crippen LogP contribution in [0.1, 0.15) is 71.6 Å². The first-order valence-corrected chi connectivity index (χ1v) is 11.9. The van der Waals surface area contributed by atoms with Crippen LogP contribution in [-0.2, 0) is 14.3 Å². The number of hydrogen-bond acceptors (Lipinski definition) is 5. The molecule has 182 valence electrons. The summed E-state index contributed by atoms with van der Waals surface area (Å²) in [7, 11) is 0. The van der Waals surface area contributed by atoms with Crippen molar-refractivity contribution in [2.24, 2.45) is 0 Å². The predicted octanol–water partition coefficient (Wildman–Crippen LogP) is 4.10. The summed E-state index contributed by atoms with van der Waals surface area (Å²) in [4.78, 5) is 41.2. The highest BCUT2D eigenvalue weighted by Gasteiger charge is 2.44. The monoisotopic (exact) mass is 475 g/mol. The molecule has 1 aromatic rings. The molecule has 33 heavy (non-hydrogen) atoms. The third-order valence-corrected chi connectivity index (χ3v) is 5.22. The van der Waals surface area contributed by atoms with Crippen LogP contribution in [0.3, 0.4) is 0 Å². The highest BCUT2D eigenvalue weighted by molar-refractivity contribution is 7.80. The highest BCUT2D eigenvalue weighted by Crippen LogP contribution is 2.36. The molecule has 2 unspecified atom stereocenters. The standard InChI is InChI=1S/C25H37N3O4S/c1-8-16-10-9-11-17(14-16)20(21(29)27-24(2,3)4)28(18-12-13-18)22(30)19(15-33)26-23(31)32-25(5,6)7/h8-11,14,18-20,33H,1,12-13,15H2,2-7H3,(H,26,31)(H,27,29). The largest absolute Gasteiger partial charge is 0.444 e. The minimum Gasteiger partial charge on any atom is -0.444 e. The van der Waals surface area contributed by atoms with Crippen molar-refractivity contribution in [3.8, 4) is 0 Å². The lowest BCUT2D eigenvalue weighted by atomic mass is 9.98. The molecule has 0 aliphatic heterocycles. The van der Waals surface area contributed by atoms with E-state index in [9.17, 15) is 14.4 Å². The first-order valence-electron chi connectivity index (χ1n) is 11.2. The van der Waals surface area contributed by atoms with Gasteiger partial charge in [0, 0.05) is 17.3 Å². The van der Waals surface area contributed by atoms with Crippen molar-refractivity contribution in [2.45, 2.75) is 83.6 Å². The number of rotatable bonds is 8. The predicted molar refractivity (Wildman–Crippen MR) is 134 cm³/mol. The Morgan fingerprint density at radius 2 is 1.85 bits per heavy atom. The molecule has 0 radical (unpaired) electrons. The molecule has 2 atom stereocenters. The van der Waals surface area contributed by atoms with Gasteiger partial charge in [-0.3, -0.25) is 9.59 Å². The number of nitrogens with zero attached hydrogens (tertiary/aromatic N) is 1. The smallest absolute Gasteiger partial charge is 0.408 e. The average molecular weight is 476 g/mol. The fraction of sp³-hybridized carbons (Fsp3) is 0.560. The van der Waals surface area contributed by atoms with Crippen LogP contribution in [0.25, 0.3) is 6.08 Å². The number of carbonyl (C=O) groups is 3. The molecule has 0 heterocycles. The second-order valence-electron chi connectivity index (χ2n) is 10.4. The first-order chi connectivity index (χ1) is 15.3. The summed E-state index contributed by atoms with van der Waals surface area (Å²) >= 11 is 4.30. The van der Waals surface area contributed by atoms with Gasteiger partial charge in [-0.05, 0) is 71.6 Å². The number of nitrogens with one attached hydrogen (secondary N) is 2. The molecule has 2 rings (SSSR count). The van der Waals surface area contributed by atoms with Gasteiger partial charge < -0.3 is 20.3 Å². The highest BCUT2D eigenvalue weighted by atomic mass is 32.1. The van der Waals surface area contributed by atoms with E-state index in [1.54, 1.807) is 31.7 Å². The van der Waals surface area contributed by atoms with Gasteiger partial charge in [-0.25, -0.2) is 4.79 Å². The number of thiol groups is 1. The average Bonchev–Trinajstić information content (AvgIpc) is 3.51. The molecule has 1 fully saturated rings. The Labute approximate surface area is 202 Å². The summed E-state index contributed by atoms with van der Waals surface area (Å²) in [6, 6.07) is 5.54. The van der Waals surface area contributed by atoms with Crippen LogP contribution in [0.15, 0.2) is 30.8 Å². The Morgan fingerprint density at radius 3 is 2.33 bits per heavy atom. The van der Waals surface area contributed by atoms with Crippen molar-refractivity contribution in [1.29, 1.82) is 0 Å². The fourth-order valence-corrected chi connectivity index (χ4v) is 3.67. The molecule has 0 spiro atoms. The third-order valence-electron chi connectivity index (χ3n) is 4.85. The lowest BCUT2D eigenvalue weighted by Crippen LogP contribution is -2.55. The van der Waals surface area contributed by atoms with E-state index in [2.05, 4.69) is 29.8 Å². The van der Waals surface area contributed by atoms with Gasteiger partial charge in [0.05, 0.1) is 0 Å². The second-order valence-corrected chi connectivity index (χ2v) is 10.7. The molecule has 1 aromatic carbocycles. The van der Waals surface area contributed by atoms with E-state index in [-0.39, 0.29) is 23.6 Å². The van der Waals surface area contributed by atoms with Gasteiger partial charge in [0.2, 0.25) is 11.8 Å². The van der Waals surface area contributed by atoms with Gasteiger partial charge in [-0.2, -0.15) is 12.6 Å². The molecule has 7 nitrogen and oxygen atoms in total. The zero-order chi connectivity index (χ0) is 25.0. The molecule has 0 bridgehead atoms. The molecule has 1 saturated carbocycles. The Hall–Kier alpha value is -2.48. The maximum Gasteiger partial charge on any atom is 0.408 e. The minimum atomic E-state index is -0.934. The number of carbonyl (C=O) groups excluding carboxylic acids is 3. The van der Waals surface area contributed by atoms with Crippen molar-refractivity contribution in [3.05, 3.63) is 42.0 Å². The number of ether oxygens (including phenoxy) is 1. The molecule has 8 heteroatoms. The Balaban J connectivity index is 2.43. The van der Waals surface area contributed by atoms with Crippen LogP contribution in [0, 0.1) is 0 Å². The van der Waals surface area contributed by atoms with E-state index in [1.165, 1.54) is 0 Å². The SMILES string of the molecule is C=Cc1cccc(C(C(=O)NC(C)(C)C)N(C(=O)C(CS)NC(=O)OC(C)(C)C)C2CC2)c1. The lowest BCUT2D eigenvalue weighted by molar-refractivity contribution is -0.143. The van der Waals surface area contributed by atoms with Crippen LogP contribution in [0.2, 0.25) is 0 Å². The molecule has 1 aliphatic carbocycles. The van der Waals surface area contributed by atoms with E-state index in [0.717, 1.165) is 18.4 Å². The maximum absolute atomic E-state index is 13.7. The number of amides is 3. The lowest BCUT2D eigenvalue weighted by Gasteiger charge is -2.36. The molecule has 0 saturated heterocycles. The van der Waals surface area contributed by atoms with E-state index in [0.29, 0.717) is 5.56 Å². The molecular weight excluding hydrogens is 438 g/mol. The van der Waals surface area contributed by atoms with Crippen LogP contribution in [0.5, 0.6) is 0 Å². The molecule has 3 amide bonds. The summed E-state index contributed by atoms with van der Waals surface area (Å²) in [5, 5.41) is 5.64. The molecule has 0 aromatic heterocycles. The first kappa shape index (κ1) is 26.8. The summed E-state index contributed by atoms with van der Waals surface area (Å²) < 4.78 is 5.32. The fourth-order valence-electron chi connectivity index (χ4n) is 3.42. The zero-order valence-electron chi connectivity index (χ0n) is 20.5. The molecule has 1 aliphatic rings. The quantitative estimate of drug-likeness (QED) is 0.494. The maximum atomic E-state index is 13.7. The minimum absolute atomic E-state index is 0.0710. The van der Waals surface area contributed by atoms with E-state index >= 15 is 0 Å². The third kappa shape index (κ3) is 8.11. The summed E-state index contributed by atoms with van der Waals surface area (Å²) in [5.41, 5.74) is 0.345. The number of hydrogen-bond donors (Lipinski definition) is 3. The van der Waals surface area contributed by atoms with Gasteiger partial charge in [0.15, 0.2) is 0 Å². The van der Waals surface area contributed by atoms with Crippen molar-refractivity contribution in [3.63, 3.8) is 0 Å². The van der Waals surface area contributed by atoms with Crippen LogP contribution in [0.4, 0.5) is 4.79 Å². The van der Waals surface area contributed by atoms with E-state index in [1.807, 2.05) is 45.0 Å². The van der Waals surface area contributed by atoms with Gasteiger partial charge in [-0.1, -0.05) is 30.9 Å². The zero-order valence-corrected chi connectivity index (χ0v) is 21.4. The topological polar surface area (TPSA) is 87.7 Å². The van der Waals surface area contributed by atoms with E-state index in [4.69, 9.17) is 4.74 Å². The van der Waals surface area contributed by atoms with Gasteiger partial charge in [0.1, 0.15) is 17.7 Å². The van der Waals surface area contributed by atoms with Gasteiger partial charge >= 0.3 is 6.09 Å². The number of benzene rings is 1. The van der Waals surface area contributed by atoms with E-state index < -0.39 is 29.3 Å². The van der Waals surface area contributed by atoms with Crippen LogP contribution < -0.4 is 10.6 Å². The summed E-state index contributed by atoms with van der Waals surface area (Å²) in [6.07, 6.45) is 2.58. The van der Waals surface area contributed by atoms with Gasteiger partial charge in [0.25, 0.3) is 0 Å². The van der Waals surface area contributed by atoms with Crippen molar-refractivity contribution in [1.82, 2.24) is 15.5 Å². The summed E-state index contributed by atoms with van der Waals surface area (Å²) in [6.45, 7) is 14.7. The van der Waals surface area contributed by atoms with Crippen molar-refractivity contribution >= 4 is 36.6 Å². The summed E-state index contributed by atoms with van der Waals surface area (Å²) in [5.74, 6) is -0.572. The second kappa shape index (κ2) is 10.6. The van der Waals surface area contributed by atoms with Gasteiger partial charge in [-0.15, -0.1) is 0 Å². The van der Waals surface area contributed by atoms with Crippen molar-refractivity contribution < 1.29 is 19.1 Å². The normalized spacial score (nSPS) is 15.7. The molecular formula is C25H37N3O4S. The molecule has 2 N–H and O–H groups in total.